The summed E-state index contributed by atoms with van der Waals surface area (Å²) >= 11 is 0. The van der Waals surface area contributed by atoms with E-state index in [4.69, 9.17) is 0 Å². The second-order valence-corrected chi connectivity index (χ2v) is 12.5. The van der Waals surface area contributed by atoms with Crippen LogP contribution in [0.2, 0.25) is 0 Å². The van der Waals surface area contributed by atoms with Gasteiger partial charge in [0.1, 0.15) is 0 Å². The molecule has 0 aromatic heterocycles. The first kappa shape index (κ1) is 21.9. The summed E-state index contributed by atoms with van der Waals surface area (Å²) in [4.78, 5) is 0. The number of aliphatic hydroxyl groups excluding tert-OH is 1. The zero-order valence-electron chi connectivity index (χ0n) is 19.7. The van der Waals surface area contributed by atoms with Crippen LogP contribution in [0, 0.1) is 40.4 Å². The highest BCUT2D eigenvalue weighted by molar-refractivity contribution is 5.25. The highest BCUT2D eigenvalue weighted by Gasteiger charge is 2.61. The lowest BCUT2D eigenvalue weighted by atomic mass is 9.46. The molecule has 0 heterocycles. The molecule has 3 fully saturated rings. The Morgan fingerprint density at radius 1 is 1.10 bits per heavy atom. The van der Waals surface area contributed by atoms with Crippen molar-refractivity contribution in [3.63, 3.8) is 0 Å². The number of allylic oxidation sites excluding steroid dienone is 1. The fourth-order valence-corrected chi connectivity index (χ4v) is 8.71. The van der Waals surface area contributed by atoms with Gasteiger partial charge in [-0.05, 0) is 105 Å². The molecule has 3 unspecified atom stereocenters. The van der Waals surface area contributed by atoms with Crippen molar-refractivity contribution < 1.29 is 10.2 Å². The fourth-order valence-electron chi connectivity index (χ4n) is 8.71. The van der Waals surface area contributed by atoms with Crippen LogP contribution in [0.15, 0.2) is 11.6 Å². The number of hydrogen-bond acceptors (Lipinski definition) is 2. The van der Waals surface area contributed by atoms with Crippen LogP contribution in [0.25, 0.3) is 0 Å². The monoisotopic (exact) mass is 402 g/mol. The SMILES string of the molecule is CC(C)CCC[C@](C)(O)[C@H]1CCC2C3CC=C4C[C@@H](O)CC[C@]4(C)C3CC[C@@]21C. The van der Waals surface area contributed by atoms with E-state index in [1.165, 1.54) is 44.9 Å². The van der Waals surface area contributed by atoms with E-state index in [1.807, 2.05) is 0 Å². The van der Waals surface area contributed by atoms with E-state index in [-0.39, 0.29) is 6.10 Å². The summed E-state index contributed by atoms with van der Waals surface area (Å²) in [7, 11) is 0. The Morgan fingerprint density at radius 3 is 2.59 bits per heavy atom. The lowest BCUT2D eigenvalue weighted by molar-refractivity contribution is -0.105. The Balaban J connectivity index is 1.53. The average Bonchev–Trinajstić information content (AvgIpc) is 3.00. The van der Waals surface area contributed by atoms with Gasteiger partial charge in [0.05, 0.1) is 11.7 Å². The summed E-state index contributed by atoms with van der Waals surface area (Å²) in [5.74, 6) is 3.53. The van der Waals surface area contributed by atoms with Crippen molar-refractivity contribution >= 4 is 0 Å². The molecule has 2 heteroatoms. The molecule has 166 valence electrons. The van der Waals surface area contributed by atoms with Crippen molar-refractivity contribution in [1.82, 2.24) is 0 Å². The van der Waals surface area contributed by atoms with Gasteiger partial charge in [0.2, 0.25) is 0 Å². The molecule has 8 atom stereocenters. The lowest BCUT2D eigenvalue weighted by Gasteiger charge is -2.59. The summed E-state index contributed by atoms with van der Waals surface area (Å²) in [6, 6.07) is 0. The predicted octanol–water partition coefficient (Wildman–Crippen LogP) is 6.50. The number of aliphatic hydroxyl groups is 2. The topological polar surface area (TPSA) is 40.5 Å². The first-order valence-electron chi connectivity index (χ1n) is 12.7. The summed E-state index contributed by atoms with van der Waals surface area (Å²) in [5.41, 5.74) is 1.68. The minimum absolute atomic E-state index is 0.114. The van der Waals surface area contributed by atoms with Crippen molar-refractivity contribution in [2.24, 2.45) is 40.4 Å². The Morgan fingerprint density at radius 2 is 1.86 bits per heavy atom. The van der Waals surface area contributed by atoms with Crippen molar-refractivity contribution in [1.29, 1.82) is 0 Å². The molecule has 29 heavy (non-hydrogen) atoms. The lowest BCUT2D eigenvalue weighted by Crippen LogP contribution is -2.53. The molecule has 0 aliphatic heterocycles. The zero-order valence-corrected chi connectivity index (χ0v) is 19.7. The number of fused-ring (bicyclic) bond motifs is 5. The molecule has 0 aromatic carbocycles. The van der Waals surface area contributed by atoms with Crippen molar-refractivity contribution in [2.75, 3.05) is 0 Å². The van der Waals surface area contributed by atoms with Gasteiger partial charge in [-0.1, -0.05) is 52.2 Å². The molecular weight excluding hydrogens is 356 g/mol. The van der Waals surface area contributed by atoms with Gasteiger partial charge in [-0.25, -0.2) is 0 Å². The van der Waals surface area contributed by atoms with Crippen LogP contribution in [0.5, 0.6) is 0 Å². The van der Waals surface area contributed by atoms with Crippen LogP contribution >= 0.6 is 0 Å². The predicted molar refractivity (Wildman–Crippen MR) is 121 cm³/mol. The van der Waals surface area contributed by atoms with E-state index >= 15 is 0 Å². The zero-order chi connectivity index (χ0) is 21.0. The second kappa shape index (κ2) is 7.66. The standard InChI is InChI=1S/C27H46O2/c1-18(2)7-6-14-27(5,29)24-11-10-22-21-9-8-19-17-20(28)12-15-25(19,3)23(21)13-16-26(22,24)4/h8,18,20-24,28-29H,6-7,9-17H2,1-5H3/t20-,21?,22?,23?,24-,25-,26-,27-/m0/s1. The number of hydrogen-bond donors (Lipinski definition) is 2. The molecule has 0 aromatic rings. The average molecular weight is 403 g/mol. The van der Waals surface area contributed by atoms with Gasteiger partial charge >= 0.3 is 0 Å². The third kappa shape index (κ3) is 3.65. The number of rotatable bonds is 5. The molecule has 0 spiro atoms. The van der Waals surface area contributed by atoms with E-state index in [0.717, 1.165) is 49.4 Å². The smallest absolute Gasteiger partial charge is 0.0653 e. The molecule has 3 saturated carbocycles. The van der Waals surface area contributed by atoms with E-state index in [9.17, 15) is 10.2 Å². The first-order chi connectivity index (χ1) is 13.6. The Labute approximate surface area is 179 Å². The molecule has 0 radical (unpaired) electrons. The molecule has 0 amide bonds. The van der Waals surface area contributed by atoms with Crippen LogP contribution in [0.4, 0.5) is 0 Å². The normalized spacial score (nSPS) is 46.5. The van der Waals surface area contributed by atoms with Crippen LogP contribution in [-0.4, -0.2) is 21.9 Å². The molecule has 2 N–H and O–H groups in total. The van der Waals surface area contributed by atoms with Crippen LogP contribution in [0.3, 0.4) is 0 Å². The van der Waals surface area contributed by atoms with Crippen LogP contribution in [0.1, 0.15) is 105 Å². The van der Waals surface area contributed by atoms with Crippen LogP contribution in [-0.2, 0) is 0 Å². The third-order valence-electron chi connectivity index (χ3n) is 10.3. The van der Waals surface area contributed by atoms with E-state index < -0.39 is 5.60 Å². The highest BCUT2D eigenvalue weighted by atomic mass is 16.3. The first-order valence-corrected chi connectivity index (χ1v) is 12.7. The van der Waals surface area contributed by atoms with Crippen molar-refractivity contribution in [3.05, 3.63) is 11.6 Å². The van der Waals surface area contributed by atoms with Crippen molar-refractivity contribution in [3.8, 4) is 0 Å². The van der Waals surface area contributed by atoms with Gasteiger partial charge in [-0.3, -0.25) is 0 Å². The van der Waals surface area contributed by atoms with Gasteiger partial charge < -0.3 is 10.2 Å². The molecule has 4 rings (SSSR count). The summed E-state index contributed by atoms with van der Waals surface area (Å²) in [5, 5.41) is 21.8. The second-order valence-electron chi connectivity index (χ2n) is 12.5. The molecule has 2 nitrogen and oxygen atoms in total. The largest absolute Gasteiger partial charge is 0.393 e. The minimum Gasteiger partial charge on any atom is -0.393 e. The molecular formula is C27H46O2. The van der Waals surface area contributed by atoms with Gasteiger partial charge in [0.15, 0.2) is 0 Å². The van der Waals surface area contributed by atoms with Gasteiger partial charge in [0.25, 0.3) is 0 Å². The van der Waals surface area contributed by atoms with Gasteiger partial charge in [0, 0.05) is 0 Å². The Kier molecular flexibility index (Phi) is 5.78. The summed E-state index contributed by atoms with van der Waals surface area (Å²) in [6.45, 7) is 11.8. The molecule has 0 bridgehead atoms. The maximum Gasteiger partial charge on any atom is 0.0653 e. The molecule has 4 aliphatic carbocycles. The fraction of sp³-hybridized carbons (Fsp3) is 0.926. The maximum absolute atomic E-state index is 11.6. The van der Waals surface area contributed by atoms with Gasteiger partial charge in [-0.2, -0.15) is 0 Å². The Hall–Kier alpha value is -0.340. The van der Waals surface area contributed by atoms with Crippen molar-refractivity contribution in [2.45, 2.75) is 117 Å². The summed E-state index contributed by atoms with van der Waals surface area (Å²) < 4.78 is 0. The van der Waals surface area contributed by atoms with E-state index in [0.29, 0.717) is 16.7 Å². The van der Waals surface area contributed by atoms with E-state index in [1.54, 1.807) is 5.57 Å². The third-order valence-corrected chi connectivity index (χ3v) is 10.3. The minimum atomic E-state index is -0.514. The maximum atomic E-state index is 11.6. The highest BCUT2D eigenvalue weighted by Crippen LogP contribution is 2.67. The molecule has 0 saturated heterocycles. The quantitative estimate of drug-likeness (QED) is 0.515. The van der Waals surface area contributed by atoms with E-state index in [2.05, 4.69) is 40.7 Å². The Bertz CT molecular complexity index is 634. The van der Waals surface area contributed by atoms with Gasteiger partial charge in [-0.15, -0.1) is 0 Å². The summed E-state index contributed by atoms with van der Waals surface area (Å²) in [6.07, 6.45) is 15.2. The molecule has 4 aliphatic rings. The van der Waals surface area contributed by atoms with Crippen LogP contribution < -0.4 is 0 Å².